The molecule has 1 aromatic rings. The van der Waals surface area contributed by atoms with E-state index in [1.807, 2.05) is 12.1 Å². The molecule has 1 aliphatic rings. The predicted octanol–water partition coefficient (Wildman–Crippen LogP) is 5.24. The van der Waals surface area contributed by atoms with Crippen molar-refractivity contribution in [3.63, 3.8) is 0 Å². The van der Waals surface area contributed by atoms with Gasteiger partial charge in [0.25, 0.3) is 0 Å². The van der Waals surface area contributed by atoms with Crippen LogP contribution in [0.5, 0.6) is 0 Å². The van der Waals surface area contributed by atoms with Crippen molar-refractivity contribution < 1.29 is 4.74 Å². The molecule has 0 spiro atoms. The molecule has 2 nitrogen and oxygen atoms in total. The summed E-state index contributed by atoms with van der Waals surface area (Å²) in [5.74, 6) is 0. The molecule has 0 heterocycles. The quantitative estimate of drug-likeness (QED) is 0.770. The normalized spacial score (nSPS) is 30.0. The third-order valence-electron chi connectivity index (χ3n) is 4.99. The standard InChI is InChI=1S/C17H25Cl2NO/c1-5-17(4)15(10-16(17)21-6-2)20-11(3)13-8-7-12(18)9-14(13)19/h7-9,11,15-16,20H,5-6,10H2,1-4H3. The highest BCUT2D eigenvalue weighted by atomic mass is 35.5. The zero-order valence-electron chi connectivity index (χ0n) is 13.2. The van der Waals surface area contributed by atoms with Crippen molar-refractivity contribution in [2.24, 2.45) is 5.41 Å². The van der Waals surface area contributed by atoms with Gasteiger partial charge in [0.05, 0.1) is 6.10 Å². The van der Waals surface area contributed by atoms with Crippen LogP contribution >= 0.6 is 23.2 Å². The first-order valence-corrected chi connectivity index (χ1v) is 8.50. The summed E-state index contributed by atoms with van der Waals surface area (Å²) in [6.45, 7) is 9.54. The molecule has 118 valence electrons. The van der Waals surface area contributed by atoms with E-state index in [2.05, 4.69) is 33.0 Å². The topological polar surface area (TPSA) is 21.3 Å². The first-order chi connectivity index (χ1) is 9.92. The molecule has 4 atom stereocenters. The van der Waals surface area contributed by atoms with E-state index in [0.29, 0.717) is 17.2 Å². The number of benzene rings is 1. The van der Waals surface area contributed by atoms with Gasteiger partial charge in [-0.25, -0.2) is 0 Å². The maximum atomic E-state index is 6.30. The lowest BCUT2D eigenvalue weighted by molar-refractivity contribution is -0.127. The van der Waals surface area contributed by atoms with Crippen LogP contribution in [-0.4, -0.2) is 18.8 Å². The minimum absolute atomic E-state index is 0.198. The molecular weight excluding hydrogens is 305 g/mol. The Balaban J connectivity index is 2.05. The predicted molar refractivity (Wildman–Crippen MR) is 90.2 cm³/mol. The van der Waals surface area contributed by atoms with Gasteiger partial charge in [-0.05, 0) is 44.4 Å². The second-order valence-corrected chi connectivity index (χ2v) is 6.99. The Bertz CT molecular complexity index is 494. The fraction of sp³-hybridized carbons (Fsp3) is 0.647. The van der Waals surface area contributed by atoms with E-state index in [1.54, 1.807) is 6.07 Å². The number of hydrogen-bond donors (Lipinski definition) is 1. The zero-order valence-corrected chi connectivity index (χ0v) is 14.8. The van der Waals surface area contributed by atoms with Crippen molar-refractivity contribution >= 4 is 23.2 Å². The summed E-state index contributed by atoms with van der Waals surface area (Å²) in [4.78, 5) is 0. The minimum atomic E-state index is 0.198. The Morgan fingerprint density at radius 2 is 2.10 bits per heavy atom. The first kappa shape index (κ1) is 17.1. The molecule has 1 aliphatic carbocycles. The molecule has 2 rings (SSSR count). The number of nitrogens with one attached hydrogen (secondary N) is 1. The minimum Gasteiger partial charge on any atom is -0.378 e. The smallest absolute Gasteiger partial charge is 0.0658 e. The van der Waals surface area contributed by atoms with Gasteiger partial charge in [-0.2, -0.15) is 0 Å². The molecule has 21 heavy (non-hydrogen) atoms. The second-order valence-electron chi connectivity index (χ2n) is 6.15. The van der Waals surface area contributed by atoms with Gasteiger partial charge in [0, 0.05) is 34.2 Å². The fourth-order valence-corrected chi connectivity index (χ4v) is 3.82. The van der Waals surface area contributed by atoms with Crippen LogP contribution in [-0.2, 0) is 4.74 Å². The van der Waals surface area contributed by atoms with Crippen molar-refractivity contribution in [2.75, 3.05) is 6.61 Å². The monoisotopic (exact) mass is 329 g/mol. The van der Waals surface area contributed by atoms with E-state index in [4.69, 9.17) is 27.9 Å². The van der Waals surface area contributed by atoms with E-state index in [0.717, 1.165) is 30.0 Å². The lowest BCUT2D eigenvalue weighted by atomic mass is 9.61. The highest BCUT2D eigenvalue weighted by Crippen LogP contribution is 2.46. The van der Waals surface area contributed by atoms with Crippen molar-refractivity contribution in [1.29, 1.82) is 0 Å². The lowest BCUT2D eigenvalue weighted by Crippen LogP contribution is -2.62. The van der Waals surface area contributed by atoms with Crippen LogP contribution in [0.1, 0.15) is 52.1 Å². The van der Waals surface area contributed by atoms with Gasteiger partial charge in [0.1, 0.15) is 0 Å². The number of halogens is 2. The van der Waals surface area contributed by atoms with Gasteiger partial charge in [0.15, 0.2) is 0 Å². The number of hydrogen-bond acceptors (Lipinski definition) is 2. The maximum Gasteiger partial charge on any atom is 0.0658 e. The third kappa shape index (κ3) is 3.39. The summed E-state index contributed by atoms with van der Waals surface area (Å²) in [6.07, 6.45) is 2.53. The van der Waals surface area contributed by atoms with Crippen LogP contribution in [0, 0.1) is 5.41 Å². The molecule has 1 N–H and O–H groups in total. The number of rotatable bonds is 6. The maximum absolute atomic E-state index is 6.30. The molecule has 1 saturated carbocycles. The van der Waals surface area contributed by atoms with Crippen LogP contribution in [0.25, 0.3) is 0 Å². The Morgan fingerprint density at radius 3 is 2.67 bits per heavy atom. The zero-order chi connectivity index (χ0) is 15.6. The van der Waals surface area contributed by atoms with Gasteiger partial charge in [-0.1, -0.05) is 43.1 Å². The molecule has 4 unspecified atom stereocenters. The SMILES string of the molecule is CCOC1CC(NC(C)c2ccc(Cl)cc2Cl)C1(C)CC. The Labute approximate surface area is 138 Å². The van der Waals surface area contributed by atoms with Crippen LogP contribution in [0.3, 0.4) is 0 Å². The molecule has 1 fully saturated rings. The summed E-state index contributed by atoms with van der Waals surface area (Å²) in [5, 5.41) is 5.11. The lowest BCUT2D eigenvalue weighted by Gasteiger charge is -2.54. The Hall–Kier alpha value is -0.280. The van der Waals surface area contributed by atoms with Crippen molar-refractivity contribution in [2.45, 2.75) is 58.7 Å². The molecule has 0 aromatic heterocycles. The summed E-state index contributed by atoms with van der Waals surface area (Å²) >= 11 is 12.3. The molecule has 0 radical (unpaired) electrons. The van der Waals surface area contributed by atoms with E-state index < -0.39 is 0 Å². The third-order valence-corrected chi connectivity index (χ3v) is 5.55. The van der Waals surface area contributed by atoms with E-state index in [1.165, 1.54) is 0 Å². The van der Waals surface area contributed by atoms with E-state index in [9.17, 15) is 0 Å². The van der Waals surface area contributed by atoms with E-state index >= 15 is 0 Å². The van der Waals surface area contributed by atoms with Crippen molar-refractivity contribution in [1.82, 2.24) is 5.32 Å². The average molecular weight is 330 g/mol. The van der Waals surface area contributed by atoms with Crippen LogP contribution in [0.15, 0.2) is 18.2 Å². The fourth-order valence-electron chi connectivity index (χ4n) is 3.25. The highest BCUT2D eigenvalue weighted by Gasteiger charge is 2.51. The molecule has 0 amide bonds. The Kier molecular flexibility index (Phi) is 5.59. The summed E-state index contributed by atoms with van der Waals surface area (Å²) < 4.78 is 5.86. The Morgan fingerprint density at radius 1 is 1.38 bits per heavy atom. The molecule has 0 saturated heterocycles. The van der Waals surface area contributed by atoms with Gasteiger partial charge in [-0.3, -0.25) is 0 Å². The summed E-state index contributed by atoms with van der Waals surface area (Å²) in [6, 6.07) is 6.36. The van der Waals surface area contributed by atoms with Gasteiger partial charge < -0.3 is 10.1 Å². The van der Waals surface area contributed by atoms with Crippen molar-refractivity contribution in [3.8, 4) is 0 Å². The van der Waals surface area contributed by atoms with Crippen LogP contribution in [0.4, 0.5) is 0 Å². The van der Waals surface area contributed by atoms with Gasteiger partial charge in [0.2, 0.25) is 0 Å². The van der Waals surface area contributed by atoms with E-state index in [-0.39, 0.29) is 11.5 Å². The van der Waals surface area contributed by atoms with Crippen LogP contribution < -0.4 is 5.32 Å². The highest BCUT2D eigenvalue weighted by molar-refractivity contribution is 6.35. The van der Waals surface area contributed by atoms with Gasteiger partial charge in [-0.15, -0.1) is 0 Å². The summed E-state index contributed by atoms with van der Waals surface area (Å²) in [5.41, 5.74) is 1.29. The molecule has 1 aromatic carbocycles. The average Bonchev–Trinajstić information content (AvgIpc) is 2.45. The molecular formula is C17H25Cl2NO. The molecule has 4 heteroatoms. The second kappa shape index (κ2) is 6.87. The molecule has 0 aliphatic heterocycles. The number of ether oxygens (including phenoxy) is 1. The largest absolute Gasteiger partial charge is 0.378 e. The van der Waals surface area contributed by atoms with Crippen LogP contribution in [0.2, 0.25) is 10.0 Å². The first-order valence-electron chi connectivity index (χ1n) is 7.75. The molecule has 0 bridgehead atoms. The van der Waals surface area contributed by atoms with Crippen molar-refractivity contribution in [3.05, 3.63) is 33.8 Å². The summed E-state index contributed by atoms with van der Waals surface area (Å²) in [7, 11) is 0. The van der Waals surface area contributed by atoms with Gasteiger partial charge >= 0.3 is 0 Å².